The number of aryl methyl sites for hydroxylation is 1. The van der Waals surface area contributed by atoms with Crippen LogP contribution in [-0.2, 0) is 14.3 Å². The number of nitrogens with one attached hydrogen (secondary N) is 1. The fourth-order valence-electron chi connectivity index (χ4n) is 2.78. The summed E-state index contributed by atoms with van der Waals surface area (Å²) in [4.78, 5) is 49.5. The number of hydrogen-bond acceptors (Lipinski definition) is 5. The molecule has 1 heterocycles. The number of benzene rings is 2. The van der Waals surface area contributed by atoms with E-state index in [1.54, 1.807) is 30.3 Å². The number of nitrogens with zero attached hydrogens (tertiary/aromatic N) is 1. The minimum Gasteiger partial charge on any atom is -0.456 e. The number of esters is 1. The van der Waals surface area contributed by atoms with Crippen LogP contribution in [0.1, 0.15) is 32.7 Å². The van der Waals surface area contributed by atoms with Crippen LogP contribution in [0.5, 0.6) is 0 Å². The van der Waals surface area contributed by atoms with Crippen LogP contribution in [0.15, 0.2) is 42.5 Å². The van der Waals surface area contributed by atoms with E-state index in [1.165, 1.54) is 0 Å². The molecule has 1 aliphatic rings. The number of halogens is 1. The fourth-order valence-corrected chi connectivity index (χ4v) is 3.30. The number of fused-ring (bicyclic) bond motifs is 1. The lowest BCUT2D eigenvalue weighted by Crippen LogP contribution is -2.32. The quantitative estimate of drug-likeness (QED) is 0.381. The van der Waals surface area contributed by atoms with Crippen molar-refractivity contribution in [2.24, 2.45) is 0 Å². The van der Waals surface area contributed by atoms with Crippen molar-refractivity contribution in [2.45, 2.75) is 13.3 Å². The smallest absolute Gasteiger partial charge is 0.308 e. The Balaban J connectivity index is 1.48. The Kier molecular flexibility index (Phi) is 6.08. The topological polar surface area (TPSA) is 92.8 Å². The Hall–Kier alpha value is -2.75. The molecule has 0 spiro atoms. The summed E-state index contributed by atoms with van der Waals surface area (Å²) in [5, 5.41) is 2.65. The van der Waals surface area contributed by atoms with E-state index in [1.807, 2.05) is 19.1 Å². The summed E-state index contributed by atoms with van der Waals surface area (Å²) >= 11 is 2.08. The van der Waals surface area contributed by atoms with Crippen molar-refractivity contribution in [1.82, 2.24) is 4.90 Å². The Morgan fingerprint density at radius 2 is 1.79 bits per heavy atom. The largest absolute Gasteiger partial charge is 0.456 e. The van der Waals surface area contributed by atoms with Crippen LogP contribution in [0.2, 0.25) is 0 Å². The number of amides is 3. The van der Waals surface area contributed by atoms with E-state index in [0.29, 0.717) is 16.8 Å². The van der Waals surface area contributed by atoms with Gasteiger partial charge in [-0.3, -0.25) is 24.1 Å². The van der Waals surface area contributed by atoms with E-state index in [-0.39, 0.29) is 13.0 Å². The van der Waals surface area contributed by atoms with Crippen molar-refractivity contribution < 1.29 is 23.9 Å². The van der Waals surface area contributed by atoms with Crippen LogP contribution in [0, 0.1) is 10.5 Å². The summed E-state index contributed by atoms with van der Waals surface area (Å²) in [6.07, 6.45) is -0.180. The molecule has 2 aromatic carbocycles. The van der Waals surface area contributed by atoms with E-state index in [2.05, 4.69) is 27.9 Å². The van der Waals surface area contributed by atoms with Gasteiger partial charge in [-0.25, -0.2) is 0 Å². The number of carbonyl (C=O) groups is 4. The van der Waals surface area contributed by atoms with Crippen molar-refractivity contribution in [2.75, 3.05) is 18.5 Å². The van der Waals surface area contributed by atoms with E-state index in [9.17, 15) is 19.2 Å². The first-order valence-electron chi connectivity index (χ1n) is 8.53. The summed E-state index contributed by atoms with van der Waals surface area (Å²) in [5.41, 5.74) is 2.18. The predicted octanol–water partition coefficient (Wildman–Crippen LogP) is 2.77. The highest BCUT2D eigenvalue weighted by atomic mass is 127. The lowest BCUT2D eigenvalue weighted by atomic mass is 10.1. The lowest BCUT2D eigenvalue weighted by Gasteiger charge is -2.13. The van der Waals surface area contributed by atoms with Crippen molar-refractivity contribution in [3.05, 3.63) is 62.7 Å². The summed E-state index contributed by atoms with van der Waals surface area (Å²) in [5.74, 6) is -1.98. The average molecular weight is 492 g/mol. The number of imide groups is 1. The molecule has 0 aromatic heterocycles. The zero-order chi connectivity index (χ0) is 20.3. The maximum atomic E-state index is 12.4. The van der Waals surface area contributed by atoms with Crippen LogP contribution in [0.4, 0.5) is 5.69 Å². The maximum Gasteiger partial charge on any atom is 0.308 e. The van der Waals surface area contributed by atoms with Gasteiger partial charge in [0.1, 0.15) is 0 Å². The lowest BCUT2D eigenvalue weighted by molar-refractivity contribution is -0.147. The Morgan fingerprint density at radius 3 is 2.54 bits per heavy atom. The molecule has 28 heavy (non-hydrogen) atoms. The number of anilines is 1. The van der Waals surface area contributed by atoms with E-state index >= 15 is 0 Å². The molecule has 1 N–H and O–H groups in total. The Labute approximate surface area is 175 Å². The van der Waals surface area contributed by atoms with Crippen LogP contribution in [0.25, 0.3) is 0 Å². The summed E-state index contributed by atoms with van der Waals surface area (Å²) in [6.45, 7) is 1.30. The molecule has 0 bridgehead atoms. The number of rotatable bonds is 6. The second-order valence-electron chi connectivity index (χ2n) is 6.25. The highest BCUT2D eigenvalue weighted by molar-refractivity contribution is 14.1. The van der Waals surface area contributed by atoms with Gasteiger partial charge in [-0.05, 0) is 53.8 Å². The molecule has 7 nitrogen and oxygen atoms in total. The molecular weight excluding hydrogens is 475 g/mol. The minimum absolute atomic E-state index is 0.0948. The third-order valence-corrected chi connectivity index (χ3v) is 5.12. The van der Waals surface area contributed by atoms with Gasteiger partial charge in [0, 0.05) is 10.1 Å². The molecule has 0 aliphatic carbocycles. The molecule has 0 unspecified atom stereocenters. The van der Waals surface area contributed by atoms with Gasteiger partial charge in [0.05, 0.1) is 23.2 Å². The van der Waals surface area contributed by atoms with E-state index in [0.717, 1.165) is 14.0 Å². The molecule has 0 saturated heterocycles. The Morgan fingerprint density at radius 1 is 1.07 bits per heavy atom. The monoisotopic (exact) mass is 492 g/mol. The summed E-state index contributed by atoms with van der Waals surface area (Å²) in [6, 6.07) is 12.2. The normalized spacial score (nSPS) is 12.7. The van der Waals surface area contributed by atoms with Crippen molar-refractivity contribution in [3.8, 4) is 0 Å². The molecule has 8 heteroatoms. The molecule has 2 aromatic rings. The number of para-hydroxylation sites is 1. The zero-order valence-electron chi connectivity index (χ0n) is 15.0. The SMILES string of the molecule is Cc1ccc2c(c1)C(=O)N(CCC(=O)OCC(=O)Nc1ccccc1I)C2=O. The average Bonchev–Trinajstić information content (AvgIpc) is 2.90. The summed E-state index contributed by atoms with van der Waals surface area (Å²) in [7, 11) is 0. The first kappa shape index (κ1) is 20.0. The second kappa shape index (κ2) is 8.51. The van der Waals surface area contributed by atoms with Gasteiger partial charge in [0.15, 0.2) is 6.61 Å². The van der Waals surface area contributed by atoms with Gasteiger partial charge in [0.25, 0.3) is 17.7 Å². The zero-order valence-corrected chi connectivity index (χ0v) is 17.2. The molecule has 0 fully saturated rings. The van der Waals surface area contributed by atoms with Crippen molar-refractivity contribution in [3.63, 3.8) is 0 Å². The minimum atomic E-state index is -0.661. The highest BCUT2D eigenvalue weighted by Crippen LogP contribution is 2.24. The molecule has 144 valence electrons. The highest BCUT2D eigenvalue weighted by Gasteiger charge is 2.35. The molecule has 3 amide bonds. The van der Waals surface area contributed by atoms with Gasteiger partial charge >= 0.3 is 5.97 Å². The van der Waals surface area contributed by atoms with E-state index in [4.69, 9.17) is 4.74 Å². The fraction of sp³-hybridized carbons (Fsp3) is 0.200. The molecular formula is C20H17IN2O5. The number of carbonyl (C=O) groups excluding carboxylic acids is 4. The van der Waals surface area contributed by atoms with Crippen LogP contribution in [-0.4, -0.2) is 41.7 Å². The van der Waals surface area contributed by atoms with Crippen molar-refractivity contribution in [1.29, 1.82) is 0 Å². The standard InChI is InChI=1S/C20H17IN2O5/c1-12-6-7-13-14(10-12)20(27)23(19(13)26)9-8-18(25)28-11-17(24)22-16-5-3-2-4-15(16)21/h2-7,10H,8-9,11H2,1H3,(H,22,24). The molecule has 3 rings (SSSR count). The van der Waals surface area contributed by atoms with Gasteiger partial charge < -0.3 is 10.1 Å². The van der Waals surface area contributed by atoms with Gasteiger partial charge in [-0.1, -0.05) is 23.8 Å². The van der Waals surface area contributed by atoms with Crippen molar-refractivity contribution >= 4 is 52.0 Å². The van der Waals surface area contributed by atoms with Crippen LogP contribution >= 0.6 is 22.6 Å². The first-order valence-corrected chi connectivity index (χ1v) is 9.61. The van der Waals surface area contributed by atoms with Crippen LogP contribution in [0.3, 0.4) is 0 Å². The second-order valence-corrected chi connectivity index (χ2v) is 7.41. The molecule has 1 aliphatic heterocycles. The first-order chi connectivity index (χ1) is 13.4. The third kappa shape index (κ3) is 4.38. The number of ether oxygens (including phenoxy) is 1. The van der Waals surface area contributed by atoms with Gasteiger partial charge in [-0.15, -0.1) is 0 Å². The molecule has 0 atom stereocenters. The third-order valence-electron chi connectivity index (χ3n) is 4.18. The predicted molar refractivity (Wildman–Crippen MR) is 110 cm³/mol. The molecule has 0 saturated carbocycles. The van der Waals surface area contributed by atoms with Crippen LogP contribution < -0.4 is 5.32 Å². The molecule has 0 radical (unpaired) electrons. The van der Waals surface area contributed by atoms with E-state index < -0.39 is 30.3 Å². The number of hydrogen-bond donors (Lipinski definition) is 1. The van der Waals surface area contributed by atoms with Gasteiger partial charge in [0.2, 0.25) is 0 Å². The summed E-state index contributed by atoms with van der Waals surface area (Å²) < 4.78 is 5.80. The maximum absolute atomic E-state index is 12.4. The van der Waals surface area contributed by atoms with Gasteiger partial charge in [-0.2, -0.15) is 0 Å². The Bertz CT molecular complexity index is 973.